The molecule has 0 heterocycles. The second-order valence-electron chi connectivity index (χ2n) is 5.03. The van der Waals surface area contributed by atoms with Crippen molar-refractivity contribution >= 4 is 27.2 Å². The number of hydrogen-bond acceptors (Lipinski definition) is 3. The van der Waals surface area contributed by atoms with Crippen molar-refractivity contribution in [2.75, 3.05) is 7.05 Å². The van der Waals surface area contributed by atoms with Gasteiger partial charge in [-0.3, -0.25) is 0 Å². The summed E-state index contributed by atoms with van der Waals surface area (Å²) in [6.07, 6.45) is 0.720. The molecule has 0 unspecified atom stereocenters. The zero-order chi connectivity index (χ0) is 14.8. The molecule has 0 aromatic heterocycles. The van der Waals surface area contributed by atoms with Crippen LogP contribution in [-0.4, -0.2) is 30.3 Å². The first kappa shape index (κ1) is 16.1. The monoisotopic (exact) mass is 300 g/mol. The zero-order valence-corrected chi connectivity index (χ0v) is 13.3. The highest BCUT2D eigenvalue weighted by Gasteiger charge is 2.32. The lowest BCUT2D eigenvalue weighted by molar-refractivity contribution is 0.257. The predicted molar refractivity (Wildman–Crippen MR) is 81.6 cm³/mol. The van der Waals surface area contributed by atoms with E-state index in [2.05, 4.69) is 0 Å². The van der Waals surface area contributed by atoms with E-state index in [1.165, 1.54) is 10.4 Å². The third-order valence-electron chi connectivity index (χ3n) is 3.49. The Morgan fingerprint density at radius 1 is 1.42 bits per heavy atom. The Balaban J connectivity index is 3.28. The first-order valence-electron chi connectivity index (χ1n) is 6.02. The quantitative estimate of drug-likeness (QED) is 0.846. The van der Waals surface area contributed by atoms with Crippen LogP contribution in [0, 0.1) is 0 Å². The summed E-state index contributed by atoms with van der Waals surface area (Å²) >= 11 is 4.88. The van der Waals surface area contributed by atoms with Crippen LogP contribution in [-0.2, 0) is 10.0 Å². The molecule has 1 aromatic rings. The van der Waals surface area contributed by atoms with E-state index >= 15 is 0 Å². The Labute approximate surface area is 120 Å². The van der Waals surface area contributed by atoms with Crippen LogP contribution in [0.5, 0.6) is 0 Å². The van der Waals surface area contributed by atoms with Gasteiger partial charge in [-0.05, 0) is 32.4 Å². The van der Waals surface area contributed by atoms with Gasteiger partial charge in [-0.1, -0.05) is 31.3 Å². The summed E-state index contributed by atoms with van der Waals surface area (Å²) < 4.78 is 26.5. The zero-order valence-electron chi connectivity index (χ0n) is 11.7. The van der Waals surface area contributed by atoms with Crippen LogP contribution in [0.25, 0.3) is 0 Å². The van der Waals surface area contributed by atoms with Crippen molar-refractivity contribution in [2.45, 2.75) is 37.6 Å². The summed E-state index contributed by atoms with van der Waals surface area (Å²) in [5, 5.41) is 0. The fourth-order valence-electron chi connectivity index (χ4n) is 1.52. The minimum atomic E-state index is -3.55. The maximum absolute atomic E-state index is 12.6. The summed E-state index contributed by atoms with van der Waals surface area (Å²) in [4.78, 5) is 0.399. The van der Waals surface area contributed by atoms with E-state index in [9.17, 15) is 8.42 Å². The molecule has 106 valence electrons. The number of thiocarbonyl (C=S) groups is 1. The predicted octanol–water partition coefficient (Wildman–Crippen LogP) is 2.13. The number of nitrogens with two attached hydrogens (primary N) is 1. The molecule has 0 bridgehead atoms. The molecule has 0 aliphatic carbocycles. The number of nitrogens with zero attached hydrogens (tertiary/aromatic N) is 1. The van der Waals surface area contributed by atoms with E-state index in [-0.39, 0.29) is 9.88 Å². The fraction of sp³-hybridized carbons (Fsp3) is 0.462. The first-order valence-corrected chi connectivity index (χ1v) is 7.86. The van der Waals surface area contributed by atoms with E-state index in [0.29, 0.717) is 5.56 Å². The minimum absolute atomic E-state index is 0.189. The van der Waals surface area contributed by atoms with E-state index in [0.717, 1.165) is 6.42 Å². The SMILES string of the molecule is CCC(C)(C)N(C)S(=O)(=O)c1cccc(C(N)=S)c1. The van der Waals surface area contributed by atoms with Crippen LogP contribution in [0.3, 0.4) is 0 Å². The standard InChI is InChI=1S/C13H20N2O2S2/c1-5-13(2,3)15(4)19(16,17)11-8-6-7-10(9-11)12(14)18/h6-9H,5H2,1-4H3,(H2,14,18). The number of sulfonamides is 1. The Kier molecular flexibility index (Phi) is 4.71. The normalized spacial score (nSPS) is 12.7. The van der Waals surface area contributed by atoms with Crippen molar-refractivity contribution in [2.24, 2.45) is 5.73 Å². The molecule has 0 fully saturated rings. The summed E-state index contributed by atoms with van der Waals surface area (Å²) in [5.74, 6) is 0. The number of rotatable bonds is 5. The lowest BCUT2D eigenvalue weighted by atomic mass is 10.0. The lowest BCUT2D eigenvalue weighted by Crippen LogP contribution is -2.44. The van der Waals surface area contributed by atoms with Crippen molar-refractivity contribution < 1.29 is 8.42 Å². The third-order valence-corrected chi connectivity index (χ3v) is 5.80. The first-order chi connectivity index (χ1) is 8.63. The molecule has 0 aliphatic heterocycles. The molecule has 0 spiro atoms. The highest BCUT2D eigenvalue weighted by molar-refractivity contribution is 7.89. The molecule has 1 aromatic carbocycles. The van der Waals surface area contributed by atoms with Crippen LogP contribution in [0.1, 0.15) is 32.8 Å². The highest BCUT2D eigenvalue weighted by atomic mass is 32.2. The van der Waals surface area contributed by atoms with Gasteiger partial charge in [0.1, 0.15) is 4.99 Å². The van der Waals surface area contributed by atoms with Crippen molar-refractivity contribution in [3.8, 4) is 0 Å². The molecule has 0 aliphatic rings. The average Bonchev–Trinajstić information content (AvgIpc) is 2.37. The molecule has 6 heteroatoms. The van der Waals surface area contributed by atoms with Gasteiger partial charge in [-0.15, -0.1) is 0 Å². The Bertz CT molecular complexity index is 580. The minimum Gasteiger partial charge on any atom is -0.389 e. The molecule has 19 heavy (non-hydrogen) atoms. The van der Waals surface area contributed by atoms with Crippen molar-refractivity contribution in [1.82, 2.24) is 4.31 Å². The maximum atomic E-state index is 12.6. The summed E-state index contributed by atoms with van der Waals surface area (Å²) in [6.45, 7) is 5.74. The number of benzene rings is 1. The Morgan fingerprint density at radius 3 is 2.47 bits per heavy atom. The van der Waals surface area contributed by atoms with Crippen LogP contribution in [0.4, 0.5) is 0 Å². The van der Waals surface area contributed by atoms with E-state index < -0.39 is 15.6 Å². The lowest BCUT2D eigenvalue weighted by Gasteiger charge is -2.33. The second kappa shape index (κ2) is 5.56. The van der Waals surface area contributed by atoms with Gasteiger partial charge in [0.25, 0.3) is 0 Å². The van der Waals surface area contributed by atoms with Crippen LogP contribution >= 0.6 is 12.2 Å². The largest absolute Gasteiger partial charge is 0.389 e. The molecule has 0 atom stereocenters. The molecule has 0 radical (unpaired) electrons. The Morgan fingerprint density at radius 2 is 2.00 bits per heavy atom. The topological polar surface area (TPSA) is 63.4 Å². The van der Waals surface area contributed by atoms with Crippen molar-refractivity contribution in [3.63, 3.8) is 0 Å². The summed E-state index contributed by atoms with van der Waals surface area (Å²) in [7, 11) is -1.96. The van der Waals surface area contributed by atoms with Crippen molar-refractivity contribution in [3.05, 3.63) is 29.8 Å². The van der Waals surface area contributed by atoms with Gasteiger partial charge < -0.3 is 5.73 Å². The van der Waals surface area contributed by atoms with Gasteiger partial charge in [-0.25, -0.2) is 8.42 Å². The van der Waals surface area contributed by atoms with Crippen LogP contribution < -0.4 is 5.73 Å². The molecule has 4 nitrogen and oxygen atoms in total. The summed E-state index contributed by atoms with van der Waals surface area (Å²) in [6, 6.07) is 6.42. The van der Waals surface area contributed by atoms with E-state index in [1.807, 2.05) is 20.8 Å². The van der Waals surface area contributed by atoms with Gasteiger partial charge in [0, 0.05) is 18.2 Å². The molecule has 0 saturated carbocycles. The molecule has 0 amide bonds. The highest BCUT2D eigenvalue weighted by Crippen LogP contribution is 2.25. The Hall–Kier alpha value is -0.980. The molecule has 0 saturated heterocycles. The maximum Gasteiger partial charge on any atom is 0.243 e. The molecule has 1 rings (SSSR count). The second-order valence-corrected chi connectivity index (χ2v) is 7.44. The van der Waals surface area contributed by atoms with Gasteiger partial charge >= 0.3 is 0 Å². The van der Waals surface area contributed by atoms with Crippen molar-refractivity contribution in [1.29, 1.82) is 0 Å². The van der Waals surface area contributed by atoms with Gasteiger partial charge in [0.05, 0.1) is 4.90 Å². The average molecular weight is 300 g/mol. The van der Waals surface area contributed by atoms with E-state index in [4.69, 9.17) is 18.0 Å². The van der Waals surface area contributed by atoms with Gasteiger partial charge in [0.15, 0.2) is 0 Å². The molecular formula is C13H20N2O2S2. The third kappa shape index (κ3) is 3.32. The summed E-state index contributed by atoms with van der Waals surface area (Å²) in [5.41, 5.74) is 5.65. The van der Waals surface area contributed by atoms with Gasteiger partial charge in [-0.2, -0.15) is 4.31 Å². The van der Waals surface area contributed by atoms with Crippen LogP contribution in [0.2, 0.25) is 0 Å². The fourth-order valence-corrected chi connectivity index (χ4v) is 3.27. The smallest absolute Gasteiger partial charge is 0.243 e. The van der Waals surface area contributed by atoms with Gasteiger partial charge in [0.2, 0.25) is 10.0 Å². The number of hydrogen-bond donors (Lipinski definition) is 1. The molecule has 2 N–H and O–H groups in total. The van der Waals surface area contributed by atoms with E-state index in [1.54, 1.807) is 25.2 Å². The van der Waals surface area contributed by atoms with Crippen LogP contribution in [0.15, 0.2) is 29.2 Å². The molecular weight excluding hydrogens is 280 g/mol.